The topological polar surface area (TPSA) is 202 Å². The number of hydrogen-bond donors (Lipinski definition) is 3. The molecule has 8 rings (SSSR count). The quantitative estimate of drug-likeness (QED) is 0.127. The van der Waals surface area contributed by atoms with Crippen LogP contribution in [0.3, 0.4) is 0 Å². The molecule has 13 atom stereocenters. The Hall–Kier alpha value is -5.45. The summed E-state index contributed by atoms with van der Waals surface area (Å²) in [4.78, 5) is 69.2. The summed E-state index contributed by atoms with van der Waals surface area (Å²) in [7, 11) is 0. The number of carbonyl (C=O) groups excluding carboxylic acids is 5. The van der Waals surface area contributed by atoms with Gasteiger partial charge in [0.1, 0.15) is 30.0 Å². The minimum absolute atomic E-state index is 0.135. The Morgan fingerprint density at radius 3 is 2.00 bits per heavy atom. The Morgan fingerprint density at radius 1 is 0.815 bits per heavy atom. The molecule has 0 aromatic heterocycles. The Balaban J connectivity index is 1.30. The van der Waals surface area contributed by atoms with E-state index in [-0.39, 0.29) is 18.6 Å². The number of hydrogen-bond acceptors (Lipinski definition) is 14. The fraction of sp³-hybridized carbons (Fsp3) is 0.500. The van der Waals surface area contributed by atoms with E-state index < -0.39 is 119 Å². The van der Waals surface area contributed by atoms with Crippen molar-refractivity contribution in [1.82, 2.24) is 5.32 Å². The summed E-state index contributed by atoms with van der Waals surface area (Å²) < 4.78 is 45.4. The minimum Gasteiger partial charge on any atom is -0.456 e. The average molecular weight is 896 g/mol. The second-order valence-corrected chi connectivity index (χ2v) is 18.6. The van der Waals surface area contributed by atoms with Gasteiger partial charge in [-0.25, -0.2) is 9.59 Å². The van der Waals surface area contributed by atoms with Gasteiger partial charge in [-0.2, -0.15) is 0 Å². The molecule has 3 aromatic rings. The lowest BCUT2D eigenvalue weighted by Gasteiger charge is -2.71. The van der Waals surface area contributed by atoms with E-state index in [1.54, 1.807) is 112 Å². The van der Waals surface area contributed by atoms with Gasteiger partial charge in [-0.15, -0.1) is 0 Å². The standard InChI is InChI=1S/C50H57NO14/c1-8-36-62-34-24-35-49(26-59-35,65-29(4)53)41-43(64-45(56)32-22-16-11-17-23-32)50(58)25-33(27(2)37(47(50,5)6)40(60-28(3)52)42(63-36)48(34,41)7)61-46(57)39(54)38(30-18-12-9-13-19-30)51-44(55)31-20-14-10-15-21-31/h9-23,33-36,38-43,54,58H,8,24-26H2,1-7H3,(H,51,55)/t33-,34-,35+,36?,38-,39+,40+,41-,42-,43-,48+,49-,50+/m0/s1. The maximum atomic E-state index is 14.5. The molecule has 1 unspecified atom stereocenters. The van der Waals surface area contributed by atoms with E-state index in [0.29, 0.717) is 28.7 Å². The third-order valence-corrected chi connectivity index (χ3v) is 14.6. The zero-order valence-electron chi connectivity index (χ0n) is 37.6. The van der Waals surface area contributed by atoms with Crippen LogP contribution in [0.15, 0.2) is 102 Å². The third-order valence-electron chi connectivity index (χ3n) is 14.6. The van der Waals surface area contributed by atoms with Gasteiger partial charge < -0.3 is 48.7 Å². The number of rotatable bonds is 11. The molecule has 0 radical (unpaired) electrons. The molecular formula is C50H57NO14. The third kappa shape index (κ3) is 7.74. The molecule has 3 N–H and O–H groups in total. The number of aliphatic hydroxyl groups is 2. The van der Waals surface area contributed by atoms with E-state index in [4.69, 9.17) is 33.2 Å². The van der Waals surface area contributed by atoms with Crippen LogP contribution in [0.4, 0.5) is 0 Å². The van der Waals surface area contributed by atoms with Crippen molar-refractivity contribution in [3.8, 4) is 0 Å². The molecule has 2 aliphatic heterocycles. The molecule has 0 spiro atoms. The fourth-order valence-corrected chi connectivity index (χ4v) is 11.4. The van der Waals surface area contributed by atoms with Crippen molar-refractivity contribution in [3.63, 3.8) is 0 Å². The first-order chi connectivity index (χ1) is 30.9. The van der Waals surface area contributed by atoms with Crippen LogP contribution >= 0.6 is 0 Å². The second-order valence-electron chi connectivity index (χ2n) is 18.6. The van der Waals surface area contributed by atoms with Crippen LogP contribution in [0.5, 0.6) is 0 Å². The fourth-order valence-electron chi connectivity index (χ4n) is 11.4. The van der Waals surface area contributed by atoms with Crippen LogP contribution < -0.4 is 5.32 Å². The summed E-state index contributed by atoms with van der Waals surface area (Å²) >= 11 is 0. The van der Waals surface area contributed by atoms with Gasteiger partial charge in [0.05, 0.1) is 30.2 Å². The number of nitrogens with one attached hydrogen (secondary N) is 1. The lowest BCUT2D eigenvalue weighted by Crippen LogP contribution is -2.83. The van der Waals surface area contributed by atoms with E-state index >= 15 is 0 Å². The number of aliphatic hydroxyl groups excluding tert-OH is 1. The van der Waals surface area contributed by atoms with Crippen molar-refractivity contribution < 1.29 is 67.3 Å². The van der Waals surface area contributed by atoms with Gasteiger partial charge in [-0.05, 0) is 54.3 Å². The molecule has 2 saturated carbocycles. The Morgan fingerprint density at radius 2 is 1.43 bits per heavy atom. The molecule has 2 saturated heterocycles. The molecule has 15 heteroatoms. The molecule has 4 fully saturated rings. The van der Waals surface area contributed by atoms with Gasteiger partial charge in [-0.3, -0.25) is 14.4 Å². The number of amides is 1. The van der Waals surface area contributed by atoms with Crippen molar-refractivity contribution in [2.24, 2.45) is 16.7 Å². The maximum Gasteiger partial charge on any atom is 0.338 e. The highest BCUT2D eigenvalue weighted by atomic mass is 16.7. The summed E-state index contributed by atoms with van der Waals surface area (Å²) in [5.41, 5.74) is -4.96. The van der Waals surface area contributed by atoms with Gasteiger partial charge >= 0.3 is 23.9 Å². The van der Waals surface area contributed by atoms with Crippen LogP contribution in [0.1, 0.15) is 100 Å². The SMILES string of the molecule is CCC1O[C@H]2C[C@H]3OC[C@@]3(OC(C)=O)[C@H]3[C@H](OC(=O)c4ccccc4)[C@]4(O)C[C@H](OC(=O)[C@H](O)[C@@H](NC(=O)c5ccccc5)c5ccccc5)C(C)=C([C@@H](OC(C)=O)[C@H](O1)[C@]23C)C4(C)C. The predicted octanol–water partition coefficient (Wildman–Crippen LogP) is 5.33. The number of esters is 4. The number of ether oxygens (including phenoxy) is 7. The number of benzene rings is 3. The van der Waals surface area contributed by atoms with Crippen molar-refractivity contribution >= 4 is 29.8 Å². The largest absolute Gasteiger partial charge is 0.456 e. The normalized spacial score (nSPS) is 34.0. The summed E-state index contributed by atoms with van der Waals surface area (Å²) in [6.07, 6.45) is -9.36. The van der Waals surface area contributed by atoms with Gasteiger partial charge in [0.2, 0.25) is 0 Å². The minimum atomic E-state index is -2.23. The zero-order chi connectivity index (χ0) is 46.6. The summed E-state index contributed by atoms with van der Waals surface area (Å²) in [5, 5.41) is 28.7. The van der Waals surface area contributed by atoms with E-state index in [2.05, 4.69) is 5.32 Å². The Bertz CT molecular complexity index is 2340. The number of fused-ring (bicyclic) bond motifs is 4. The molecular weight excluding hydrogens is 839 g/mol. The summed E-state index contributed by atoms with van der Waals surface area (Å²) in [6, 6.07) is 23.7. The Labute approximate surface area is 377 Å². The average Bonchev–Trinajstić information content (AvgIpc) is 3.27. The highest BCUT2D eigenvalue weighted by molar-refractivity contribution is 5.95. The van der Waals surface area contributed by atoms with Crippen molar-refractivity contribution in [2.45, 2.75) is 134 Å². The van der Waals surface area contributed by atoms with Gasteiger partial charge in [-0.1, -0.05) is 94.4 Å². The smallest absolute Gasteiger partial charge is 0.338 e. The molecule has 3 aliphatic carbocycles. The lowest BCUT2D eigenvalue weighted by atomic mass is 9.44. The zero-order valence-corrected chi connectivity index (χ0v) is 37.6. The predicted molar refractivity (Wildman–Crippen MR) is 231 cm³/mol. The first-order valence-electron chi connectivity index (χ1n) is 22.2. The van der Waals surface area contributed by atoms with Crippen LogP contribution in [0.25, 0.3) is 0 Å². The van der Waals surface area contributed by atoms with E-state index in [1.165, 1.54) is 13.8 Å². The monoisotopic (exact) mass is 895 g/mol. The van der Waals surface area contributed by atoms with Crippen molar-refractivity contribution in [1.29, 1.82) is 0 Å². The highest BCUT2D eigenvalue weighted by Crippen LogP contribution is 2.67. The van der Waals surface area contributed by atoms with E-state index in [9.17, 15) is 34.2 Å². The van der Waals surface area contributed by atoms with Crippen LogP contribution in [-0.4, -0.2) is 107 Å². The molecule has 5 aliphatic rings. The van der Waals surface area contributed by atoms with Crippen molar-refractivity contribution in [2.75, 3.05) is 6.61 Å². The Kier molecular flexibility index (Phi) is 12.3. The molecule has 2 heterocycles. The first-order valence-corrected chi connectivity index (χ1v) is 22.2. The van der Waals surface area contributed by atoms with E-state index in [0.717, 1.165) is 0 Å². The second kappa shape index (κ2) is 17.4. The molecule has 15 nitrogen and oxygen atoms in total. The van der Waals surface area contributed by atoms with Gasteiger partial charge in [0.15, 0.2) is 24.1 Å². The van der Waals surface area contributed by atoms with Crippen LogP contribution in [0, 0.1) is 16.7 Å². The van der Waals surface area contributed by atoms with Gasteiger partial charge in [0, 0.05) is 43.1 Å². The molecule has 2 bridgehead atoms. The first kappa shape index (κ1) is 46.1. The molecule has 3 aromatic carbocycles. The molecule has 65 heavy (non-hydrogen) atoms. The van der Waals surface area contributed by atoms with Gasteiger partial charge in [0.25, 0.3) is 5.91 Å². The lowest BCUT2D eigenvalue weighted by molar-refractivity contribution is -0.411. The maximum absolute atomic E-state index is 14.5. The number of carbonyl (C=O) groups is 5. The highest BCUT2D eigenvalue weighted by Gasteiger charge is 2.79. The molecule has 1 amide bonds. The molecule has 346 valence electrons. The van der Waals surface area contributed by atoms with Crippen LogP contribution in [-0.2, 0) is 47.5 Å². The van der Waals surface area contributed by atoms with Crippen molar-refractivity contribution in [3.05, 3.63) is 119 Å². The summed E-state index contributed by atoms with van der Waals surface area (Å²) in [6.45, 7) is 11.3. The summed E-state index contributed by atoms with van der Waals surface area (Å²) in [5.74, 6) is -4.97. The van der Waals surface area contributed by atoms with Crippen LogP contribution in [0.2, 0.25) is 0 Å². The van der Waals surface area contributed by atoms with E-state index in [1.807, 2.05) is 13.8 Å².